The zero-order valence-electron chi connectivity index (χ0n) is 17.6. The predicted octanol–water partition coefficient (Wildman–Crippen LogP) is 3.12. The zero-order valence-corrected chi connectivity index (χ0v) is 17.6. The summed E-state index contributed by atoms with van der Waals surface area (Å²) in [4.78, 5) is 35.6. The number of hydrogen-bond donors (Lipinski definition) is 1. The first kappa shape index (κ1) is 21.0. The molecule has 1 atom stereocenters. The number of likely N-dealkylation sites (tertiary alicyclic amines) is 1. The van der Waals surface area contributed by atoms with Crippen molar-refractivity contribution in [3.63, 3.8) is 0 Å². The van der Waals surface area contributed by atoms with Gasteiger partial charge in [-0.1, -0.05) is 12.1 Å². The third kappa shape index (κ3) is 3.78. The largest absolute Gasteiger partial charge is 0.507 e. The highest BCUT2D eigenvalue weighted by molar-refractivity contribution is 6.46. The van der Waals surface area contributed by atoms with E-state index in [1.807, 2.05) is 6.07 Å². The van der Waals surface area contributed by atoms with E-state index in [-0.39, 0.29) is 17.9 Å². The van der Waals surface area contributed by atoms with E-state index >= 15 is 0 Å². The predicted molar refractivity (Wildman–Crippen MR) is 116 cm³/mol. The smallest absolute Gasteiger partial charge is 0.295 e. The molecule has 3 heterocycles. The molecule has 8 heteroatoms. The van der Waals surface area contributed by atoms with Crippen LogP contribution in [-0.4, -0.2) is 45.9 Å². The number of ether oxygens (including phenoxy) is 2. The summed E-state index contributed by atoms with van der Waals surface area (Å²) in [5, 5.41) is 11.0. The Hall–Kier alpha value is -4.20. The van der Waals surface area contributed by atoms with Gasteiger partial charge in [-0.2, -0.15) is 0 Å². The van der Waals surface area contributed by atoms with Gasteiger partial charge in [0.1, 0.15) is 5.76 Å². The lowest BCUT2D eigenvalue weighted by atomic mass is 9.95. The highest BCUT2D eigenvalue weighted by Gasteiger charge is 2.46. The Labute approximate surface area is 184 Å². The van der Waals surface area contributed by atoms with Gasteiger partial charge in [-0.15, -0.1) is 0 Å². The first-order chi connectivity index (χ1) is 15.5. The Bertz CT molecular complexity index is 1180. The van der Waals surface area contributed by atoms with Gasteiger partial charge in [-0.05, 0) is 41.5 Å². The van der Waals surface area contributed by atoms with Crippen molar-refractivity contribution in [1.29, 1.82) is 0 Å². The van der Waals surface area contributed by atoms with Crippen molar-refractivity contribution in [2.75, 3.05) is 14.2 Å². The van der Waals surface area contributed by atoms with Crippen LogP contribution in [0.1, 0.15) is 22.7 Å². The van der Waals surface area contributed by atoms with Gasteiger partial charge in [-0.25, -0.2) is 0 Å². The number of carbonyl (C=O) groups is 2. The van der Waals surface area contributed by atoms with Crippen LogP contribution in [0.2, 0.25) is 0 Å². The number of amides is 1. The number of rotatable bonds is 6. The Morgan fingerprint density at radius 2 is 1.75 bits per heavy atom. The summed E-state index contributed by atoms with van der Waals surface area (Å²) in [6.07, 6.45) is 6.28. The van der Waals surface area contributed by atoms with Gasteiger partial charge in [0.15, 0.2) is 11.5 Å². The Kier molecular flexibility index (Phi) is 5.85. The SMILES string of the molecule is COc1ccc(C2C(=C(O)c3ccncc3)C(=O)C(=O)N2Cc2cccnc2)cc1OC. The van der Waals surface area contributed by atoms with E-state index in [9.17, 15) is 14.7 Å². The highest BCUT2D eigenvalue weighted by atomic mass is 16.5. The summed E-state index contributed by atoms with van der Waals surface area (Å²) in [5.74, 6) is -0.776. The summed E-state index contributed by atoms with van der Waals surface area (Å²) < 4.78 is 10.7. The number of Topliss-reactive ketones (excluding diaryl/α,β-unsaturated/α-hetero) is 1. The third-order valence-electron chi connectivity index (χ3n) is 5.29. The second-order valence-corrected chi connectivity index (χ2v) is 7.14. The molecule has 1 amide bonds. The maximum atomic E-state index is 13.1. The molecule has 0 radical (unpaired) electrons. The number of aromatic nitrogens is 2. The molecular weight excluding hydrogens is 410 g/mol. The first-order valence-corrected chi connectivity index (χ1v) is 9.84. The summed E-state index contributed by atoms with van der Waals surface area (Å²) in [6, 6.07) is 11.0. The second-order valence-electron chi connectivity index (χ2n) is 7.14. The number of hydrogen-bond acceptors (Lipinski definition) is 7. The lowest BCUT2D eigenvalue weighted by Crippen LogP contribution is -2.29. The zero-order chi connectivity index (χ0) is 22.7. The average molecular weight is 431 g/mol. The van der Waals surface area contributed by atoms with Crippen molar-refractivity contribution in [2.24, 2.45) is 0 Å². The van der Waals surface area contributed by atoms with Gasteiger partial charge >= 0.3 is 0 Å². The Balaban J connectivity index is 1.89. The summed E-state index contributed by atoms with van der Waals surface area (Å²) in [5.41, 5.74) is 1.74. The topological polar surface area (TPSA) is 102 Å². The van der Waals surface area contributed by atoms with Crippen LogP contribution in [0.5, 0.6) is 11.5 Å². The maximum absolute atomic E-state index is 13.1. The minimum atomic E-state index is -0.830. The fraction of sp³-hybridized carbons (Fsp3) is 0.167. The molecule has 32 heavy (non-hydrogen) atoms. The quantitative estimate of drug-likeness (QED) is 0.363. The molecule has 162 valence electrons. The molecule has 1 aliphatic rings. The highest BCUT2D eigenvalue weighted by Crippen LogP contribution is 2.42. The molecule has 1 fully saturated rings. The van der Waals surface area contributed by atoms with Crippen LogP contribution in [0, 0.1) is 0 Å². The minimum Gasteiger partial charge on any atom is -0.507 e. The van der Waals surface area contributed by atoms with Crippen LogP contribution in [0.3, 0.4) is 0 Å². The molecule has 1 unspecified atom stereocenters. The van der Waals surface area contributed by atoms with Crippen molar-refractivity contribution in [2.45, 2.75) is 12.6 Å². The molecule has 1 saturated heterocycles. The number of nitrogens with zero attached hydrogens (tertiary/aromatic N) is 3. The van der Waals surface area contributed by atoms with Crippen LogP contribution >= 0.6 is 0 Å². The number of ketones is 1. The third-order valence-corrected chi connectivity index (χ3v) is 5.29. The number of aliphatic hydroxyl groups is 1. The van der Waals surface area contributed by atoms with Gasteiger partial charge in [0.25, 0.3) is 11.7 Å². The summed E-state index contributed by atoms with van der Waals surface area (Å²) >= 11 is 0. The summed E-state index contributed by atoms with van der Waals surface area (Å²) in [7, 11) is 3.03. The van der Waals surface area contributed by atoms with Crippen LogP contribution < -0.4 is 9.47 Å². The second kappa shape index (κ2) is 8.89. The number of methoxy groups -OCH3 is 2. The van der Waals surface area contributed by atoms with Gasteiger partial charge < -0.3 is 19.5 Å². The van der Waals surface area contributed by atoms with E-state index in [4.69, 9.17) is 9.47 Å². The van der Waals surface area contributed by atoms with Crippen molar-refractivity contribution in [3.05, 3.63) is 89.5 Å². The van der Waals surface area contributed by atoms with Crippen molar-refractivity contribution in [1.82, 2.24) is 14.9 Å². The van der Waals surface area contributed by atoms with Gasteiger partial charge in [0, 0.05) is 36.9 Å². The van der Waals surface area contributed by atoms with E-state index in [2.05, 4.69) is 9.97 Å². The monoisotopic (exact) mass is 431 g/mol. The van der Waals surface area contributed by atoms with E-state index < -0.39 is 17.7 Å². The maximum Gasteiger partial charge on any atom is 0.295 e. The summed E-state index contributed by atoms with van der Waals surface area (Å²) in [6.45, 7) is 0.143. The fourth-order valence-electron chi connectivity index (χ4n) is 3.77. The van der Waals surface area contributed by atoms with Gasteiger partial charge in [0.05, 0.1) is 25.8 Å². The Morgan fingerprint density at radius 3 is 2.41 bits per heavy atom. The number of aliphatic hydroxyl groups excluding tert-OH is 1. The average Bonchev–Trinajstić information content (AvgIpc) is 3.09. The molecular formula is C24H21N3O5. The van der Waals surface area contributed by atoms with Gasteiger partial charge in [0.2, 0.25) is 0 Å². The van der Waals surface area contributed by atoms with Crippen LogP contribution in [0.15, 0.2) is 72.8 Å². The minimum absolute atomic E-state index is 0.00249. The standard InChI is InChI=1S/C24H21N3O5/c1-31-18-6-5-17(12-19(18)32-2)21-20(22(28)16-7-10-25-11-8-16)23(29)24(30)27(21)14-15-4-3-9-26-13-15/h3-13,21,28H,14H2,1-2H3. The van der Waals surface area contributed by atoms with Crippen molar-refractivity contribution in [3.8, 4) is 11.5 Å². The lowest BCUT2D eigenvalue weighted by molar-refractivity contribution is -0.140. The van der Waals surface area contributed by atoms with Crippen LogP contribution in [-0.2, 0) is 16.1 Å². The molecule has 4 rings (SSSR count). The van der Waals surface area contributed by atoms with E-state index in [0.717, 1.165) is 5.56 Å². The molecule has 0 saturated carbocycles. The molecule has 1 N–H and O–H groups in total. The lowest BCUT2D eigenvalue weighted by Gasteiger charge is -2.26. The van der Waals surface area contributed by atoms with E-state index in [0.29, 0.717) is 22.6 Å². The Morgan fingerprint density at radius 1 is 1.00 bits per heavy atom. The number of pyridine rings is 2. The molecule has 3 aromatic rings. The van der Waals surface area contributed by atoms with Crippen LogP contribution in [0.25, 0.3) is 5.76 Å². The molecule has 0 aliphatic carbocycles. The van der Waals surface area contributed by atoms with E-state index in [1.54, 1.807) is 48.8 Å². The molecule has 0 bridgehead atoms. The van der Waals surface area contributed by atoms with E-state index in [1.165, 1.54) is 31.5 Å². The van der Waals surface area contributed by atoms with Gasteiger partial charge in [-0.3, -0.25) is 19.6 Å². The first-order valence-electron chi connectivity index (χ1n) is 9.84. The van der Waals surface area contributed by atoms with Crippen molar-refractivity contribution >= 4 is 17.4 Å². The molecule has 2 aromatic heterocycles. The normalized spacial score (nSPS) is 17.4. The molecule has 1 aliphatic heterocycles. The fourth-order valence-corrected chi connectivity index (χ4v) is 3.77. The molecule has 0 spiro atoms. The number of carbonyl (C=O) groups excluding carboxylic acids is 2. The van der Waals surface area contributed by atoms with Crippen molar-refractivity contribution < 1.29 is 24.2 Å². The number of benzene rings is 1. The van der Waals surface area contributed by atoms with Crippen LogP contribution in [0.4, 0.5) is 0 Å². The molecule has 8 nitrogen and oxygen atoms in total. The molecule has 1 aromatic carbocycles.